The molecule has 2 N–H and O–H groups in total. The Morgan fingerprint density at radius 3 is 2.41 bits per heavy atom. The predicted molar refractivity (Wildman–Crippen MR) is 111 cm³/mol. The van der Waals surface area contributed by atoms with Gasteiger partial charge in [0.1, 0.15) is 5.56 Å². The fraction of sp³-hybridized carbons (Fsp3) is 0.190. The first kappa shape index (κ1) is 18.8. The zero-order valence-corrected chi connectivity index (χ0v) is 16.3. The quantitative estimate of drug-likeness (QED) is 0.529. The van der Waals surface area contributed by atoms with E-state index in [4.69, 9.17) is 12.2 Å². The topological polar surface area (TPSA) is 70.4 Å². The van der Waals surface area contributed by atoms with Crippen molar-refractivity contribution < 1.29 is 5.11 Å². The molecule has 5 nitrogen and oxygen atoms in total. The second-order valence-corrected chi connectivity index (χ2v) is 6.92. The van der Waals surface area contributed by atoms with E-state index in [9.17, 15) is 9.90 Å². The minimum Gasteiger partial charge on any atom is -0.494 e. The highest BCUT2D eigenvalue weighted by Crippen LogP contribution is 2.26. The van der Waals surface area contributed by atoms with Gasteiger partial charge < -0.3 is 5.11 Å². The largest absolute Gasteiger partial charge is 0.494 e. The van der Waals surface area contributed by atoms with Crippen molar-refractivity contribution in [1.29, 1.82) is 0 Å². The lowest BCUT2D eigenvalue weighted by atomic mass is 10.0. The molecule has 2 aromatic carbocycles. The van der Waals surface area contributed by atoms with Gasteiger partial charge in [-0.05, 0) is 49.7 Å². The molecule has 3 aromatic rings. The van der Waals surface area contributed by atoms with E-state index >= 15 is 0 Å². The van der Waals surface area contributed by atoms with Crippen molar-refractivity contribution in [1.82, 2.24) is 9.55 Å². The minimum absolute atomic E-state index is 0.0823. The monoisotopic (exact) mass is 379 g/mol. The Morgan fingerprint density at radius 2 is 1.78 bits per heavy atom. The van der Waals surface area contributed by atoms with Crippen molar-refractivity contribution in [2.24, 2.45) is 4.99 Å². The van der Waals surface area contributed by atoms with Gasteiger partial charge in [0.2, 0.25) is 5.88 Å². The van der Waals surface area contributed by atoms with Gasteiger partial charge in [0.05, 0.1) is 12.2 Å². The van der Waals surface area contributed by atoms with E-state index in [0.29, 0.717) is 6.54 Å². The summed E-state index contributed by atoms with van der Waals surface area (Å²) in [5.41, 5.74) is 4.43. The lowest BCUT2D eigenvalue weighted by molar-refractivity contribution is 0.432. The molecule has 0 saturated carbocycles. The Hall–Kier alpha value is -2.99. The van der Waals surface area contributed by atoms with E-state index in [0.717, 1.165) is 27.9 Å². The van der Waals surface area contributed by atoms with Crippen molar-refractivity contribution in [3.63, 3.8) is 0 Å². The summed E-state index contributed by atoms with van der Waals surface area (Å²) in [7, 11) is 0. The highest BCUT2D eigenvalue weighted by Gasteiger charge is 2.16. The molecule has 138 valence electrons. The van der Waals surface area contributed by atoms with Crippen molar-refractivity contribution in [3.05, 3.63) is 85.4 Å². The number of nitrogens with zero attached hydrogens (tertiary/aromatic N) is 2. The second-order valence-electron chi connectivity index (χ2n) is 6.53. The summed E-state index contributed by atoms with van der Waals surface area (Å²) < 4.78 is 1.64. The Bertz CT molecular complexity index is 1110. The Kier molecular flexibility index (Phi) is 5.37. The SMILES string of the molecule is Cc1cc(C)c(-n2c(O)c(C=NCc3ccccc3)c(=O)[nH]c2=S)c(C)c1. The van der Waals surface area contributed by atoms with Crippen LogP contribution in [-0.4, -0.2) is 20.9 Å². The lowest BCUT2D eigenvalue weighted by Gasteiger charge is -2.17. The van der Waals surface area contributed by atoms with E-state index < -0.39 is 5.56 Å². The molecule has 1 aromatic heterocycles. The maximum absolute atomic E-state index is 12.3. The van der Waals surface area contributed by atoms with Crippen LogP contribution in [-0.2, 0) is 6.54 Å². The Balaban J connectivity index is 2.09. The van der Waals surface area contributed by atoms with Crippen LogP contribution in [0.1, 0.15) is 27.8 Å². The van der Waals surface area contributed by atoms with Gasteiger partial charge in [0.25, 0.3) is 5.56 Å². The summed E-state index contributed by atoms with van der Waals surface area (Å²) in [5, 5.41) is 10.8. The minimum atomic E-state index is -0.465. The summed E-state index contributed by atoms with van der Waals surface area (Å²) in [6.45, 7) is 6.32. The van der Waals surface area contributed by atoms with Crippen LogP contribution in [0.2, 0.25) is 0 Å². The van der Waals surface area contributed by atoms with Crippen LogP contribution in [0, 0.1) is 25.5 Å². The third-order valence-corrected chi connectivity index (χ3v) is 4.60. The molecule has 0 aliphatic heterocycles. The number of aromatic nitrogens is 2. The van der Waals surface area contributed by atoms with Crippen LogP contribution in [0.15, 0.2) is 52.3 Å². The standard InChI is InChI=1S/C21H21N3O2S/c1-13-9-14(2)18(15(3)10-13)24-20(26)17(19(25)23-21(24)27)12-22-11-16-7-5-4-6-8-16/h4-10,12,26H,11H2,1-3H3,(H,23,25,27). The van der Waals surface area contributed by atoms with Crippen LogP contribution < -0.4 is 5.56 Å². The van der Waals surface area contributed by atoms with Crippen LogP contribution in [0.25, 0.3) is 5.69 Å². The van der Waals surface area contributed by atoms with Crippen LogP contribution in [0.3, 0.4) is 0 Å². The van der Waals surface area contributed by atoms with Gasteiger partial charge >= 0.3 is 0 Å². The number of aliphatic imine (C=N–C) groups is 1. The molecule has 0 unspecified atom stereocenters. The van der Waals surface area contributed by atoms with E-state index in [1.54, 1.807) is 0 Å². The number of benzene rings is 2. The van der Waals surface area contributed by atoms with Crippen molar-refractivity contribution in [2.75, 3.05) is 0 Å². The zero-order valence-electron chi connectivity index (χ0n) is 15.5. The van der Waals surface area contributed by atoms with Gasteiger partial charge in [0, 0.05) is 6.21 Å². The summed E-state index contributed by atoms with van der Waals surface area (Å²) in [5.74, 6) is -0.212. The maximum atomic E-state index is 12.3. The normalized spacial score (nSPS) is 11.2. The first-order chi connectivity index (χ1) is 12.9. The summed E-state index contributed by atoms with van der Waals surface area (Å²) in [6.07, 6.45) is 1.39. The van der Waals surface area contributed by atoms with E-state index in [-0.39, 0.29) is 16.2 Å². The number of aromatic amines is 1. The number of hydrogen-bond donors (Lipinski definition) is 2. The first-order valence-electron chi connectivity index (χ1n) is 8.58. The van der Waals surface area contributed by atoms with Gasteiger partial charge in [-0.15, -0.1) is 0 Å². The molecule has 0 bridgehead atoms. The number of nitrogens with one attached hydrogen (secondary N) is 1. The van der Waals surface area contributed by atoms with Crippen LogP contribution in [0.4, 0.5) is 0 Å². The Labute approximate surface area is 162 Å². The van der Waals surface area contributed by atoms with Crippen molar-refractivity contribution in [3.8, 4) is 11.6 Å². The zero-order chi connectivity index (χ0) is 19.6. The summed E-state index contributed by atoms with van der Waals surface area (Å²) in [4.78, 5) is 19.3. The second kappa shape index (κ2) is 7.72. The molecule has 27 heavy (non-hydrogen) atoms. The highest BCUT2D eigenvalue weighted by molar-refractivity contribution is 7.71. The predicted octanol–water partition coefficient (Wildman–Crippen LogP) is 4.15. The molecular weight excluding hydrogens is 358 g/mol. The molecule has 0 fully saturated rings. The van der Waals surface area contributed by atoms with Crippen molar-refractivity contribution >= 4 is 18.4 Å². The average Bonchev–Trinajstić information content (AvgIpc) is 2.60. The molecule has 0 radical (unpaired) electrons. The summed E-state index contributed by atoms with van der Waals surface area (Å²) >= 11 is 5.31. The molecule has 0 spiro atoms. The van der Waals surface area contributed by atoms with Crippen LogP contribution in [0.5, 0.6) is 5.88 Å². The molecule has 0 aliphatic carbocycles. The summed E-state index contributed by atoms with van der Waals surface area (Å²) in [6, 6.07) is 13.7. The van der Waals surface area contributed by atoms with E-state index in [1.165, 1.54) is 10.8 Å². The third kappa shape index (κ3) is 3.90. The van der Waals surface area contributed by atoms with Gasteiger partial charge in [-0.1, -0.05) is 48.0 Å². The molecule has 0 amide bonds. The van der Waals surface area contributed by atoms with E-state index in [2.05, 4.69) is 9.98 Å². The molecule has 0 aliphatic rings. The first-order valence-corrected chi connectivity index (χ1v) is 8.99. The fourth-order valence-electron chi connectivity index (χ4n) is 3.21. The number of aromatic hydroxyl groups is 1. The number of aryl methyl sites for hydroxylation is 3. The molecule has 0 saturated heterocycles. The molecular formula is C21H21N3O2S. The number of rotatable bonds is 4. The molecule has 1 heterocycles. The average molecular weight is 379 g/mol. The van der Waals surface area contributed by atoms with Gasteiger partial charge in [-0.3, -0.25) is 19.3 Å². The lowest BCUT2D eigenvalue weighted by Crippen LogP contribution is -2.19. The van der Waals surface area contributed by atoms with Gasteiger partial charge in [0.15, 0.2) is 4.77 Å². The van der Waals surface area contributed by atoms with E-state index in [1.807, 2.05) is 63.2 Å². The van der Waals surface area contributed by atoms with Crippen molar-refractivity contribution in [2.45, 2.75) is 27.3 Å². The van der Waals surface area contributed by atoms with Gasteiger partial charge in [-0.2, -0.15) is 0 Å². The molecule has 6 heteroatoms. The molecule has 3 rings (SSSR count). The fourth-order valence-corrected chi connectivity index (χ4v) is 3.48. The number of H-pyrrole nitrogens is 1. The highest BCUT2D eigenvalue weighted by atomic mass is 32.1. The van der Waals surface area contributed by atoms with Crippen LogP contribution >= 0.6 is 12.2 Å². The van der Waals surface area contributed by atoms with Gasteiger partial charge in [-0.25, -0.2) is 0 Å². The molecule has 0 atom stereocenters. The Morgan fingerprint density at radius 1 is 1.15 bits per heavy atom. The smallest absolute Gasteiger partial charge is 0.264 e. The number of hydrogen-bond acceptors (Lipinski definition) is 4. The third-order valence-electron chi connectivity index (χ3n) is 4.32. The maximum Gasteiger partial charge on any atom is 0.264 e.